The predicted molar refractivity (Wildman–Crippen MR) is 58.1 cm³/mol. The van der Waals surface area contributed by atoms with Crippen molar-refractivity contribution in [2.24, 2.45) is 0 Å². The summed E-state index contributed by atoms with van der Waals surface area (Å²) in [6.45, 7) is 6.04. The molecule has 0 saturated heterocycles. The molecule has 0 radical (unpaired) electrons. The molecule has 0 amide bonds. The third-order valence-electron chi connectivity index (χ3n) is 1.71. The molecule has 5 heteroatoms. The molecule has 1 unspecified atom stereocenters. The van der Waals surface area contributed by atoms with E-state index in [0.717, 1.165) is 0 Å². The third kappa shape index (κ3) is 12.0. The van der Waals surface area contributed by atoms with Crippen molar-refractivity contribution in [1.82, 2.24) is 0 Å². The first-order chi connectivity index (χ1) is 6.60. The van der Waals surface area contributed by atoms with E-state index in [1.807, 2.05) is 20.8 Å². The highest BCUT2D eigenvalue weighted by molar-refractivity contribution is 8.00. The van der Waals surface area contributed by atoms with Crippen molar-refractivity contribution in [3.05, 3.63) is 0 Å². The minimum absolute atomic E-state index is 0.00930. The number of aliphatic hydroxyl groups excluding tert-OH is 1. The van der Waals surface area contributed by atoms with Crippen LogP contribution in [0.1, 0.15) is 40.0 Å². The Morgan fingerprint density at radius 1 is 1.20 bits per heavy atom. The van der Waals surface area contributed by atoms with Crippen LogP contribution >= 0.6 is 11.8 Å². The predicted octanol–water partition coefficient (Wildman–Crippen LogP) is 3.61. The van der Waals surface area contributed by atoms with Gasteiger partial charge >= 0.3 is 6.18 Å². The second kappa shape index (κ2) is 5.99. The van der Waals surface area contributed by atoms with Crippen molar-refractivity contribution in [3.8, 4) is 0 Å². The average molecular weight is 244 g/mol. The molecule has 0 aliphatic rings. The van der Waals surface area contributed by atoms with Gasteiger partial charge in [-0.1, -0.05) is 20.8 Å². The molecular weight excluding hydrogens is 225 g/mol. The molecule has 0 aromatic carbocycles. The molecule has 1 N–H and O–H groups in total. The van der Waals surface area contributed by atoms with Gasteiger partial charge in [0, 0.05) is 16.9 Å². The van der Waals surface area contributed by atoms with Gasteiger partial charge in [0.05, 0.1) is 6.10 Å². The van der Waals surface area contributed by atoms with Gasteiger partial charge in [0.1, 0.15) is 0 Å². The Bertz CT molecular complexity index is 174. The Morgan fingerprint density at radius 2 is 1.73 bits per heavy atom. The Morgan fingerprint density at radius 3 is 2.13 bits per heavy atom. The lowest BCUT2D eigenvalue weighted by Crippen LogP contribution is -2.17. The number of hydrogen-bond acceptors (Lipinski definition) is 2. The van der Waals surface area contributed by atoms with Crippen LogP contribution in [0.3, 0.4) is 0 Å². The molecule has 0 fully saturated rings. The monoisotopic (exact) mass is 244 g/mol. The standard InChI is InChI=1S/C10H19F3OS/c1-9(2,3)15-7-8(14)5-4-6-10(11,12)13/h8,14H,4-7H2,1-3H3. The lowest BCUT2D eigenvalue weighted by molar-refractivity contribution is -0.136. The maximum absolute atomic E-state index is 11.8. The molecule has 0 aromatic rings. The van der Waals surface area contributed by atoms with Gasteiger partial charge in [-0.2, -0.15) is 24.9 Å². The summed E-state index contributed by atoms with van der Waals surface area (Å²) in [7, 11) is 0. The van der Waals surface area contributed by atoms with Crippen molar-refractivity contribution in [3.63, 3.8) is 0 Å². The second-order valence-electron chi connectivity index (χ2n) is 4.58. The van der Waals surface area contributed by atoms with Gasteiger partial charge in [0.2, 0.25) is 0 Å². The minimum atomic E-state index is -4.10. The van der Waals surface area contributed by atoms with Crippen molar-refractivity contribution in [2.75, 3.05) is 5.75 Å². The highest BCUT2D eigenvalue weighted by atomic mass is 32.2. The van der Waals surface area contributed by atoms with Gasteiger partial charge in [0.25, 0.3) is 0 Å². The van der Waals surface area contributed by atoms with Gasteiger partial charge in [-0.3, -0.25) is 0 Å². The van der Waals surface area contributed by atoms with Crippen LogP contribution in [0.25, 0.3) is 0 Å². The van der Waals surface area contributed by atoms with Crippen LogP contribution in [-0.4, -0.2) is 27.9 Å². The summed E-state index contributed by atoms with van der Waals surface area (Å²) < 4.78 is 35.4. The first kappa shape index (κ1) is 15.1. The summed E-state index contributed by atoms with van der Waals surface area (Å²) in [5, 5.41) is 9.42. The second-order valence-corrected chi connectivity index (χ2v) is 6.43. The van der Waals surface area contributed by atoms with E-state index in [-0.39, 0.29) is 17.6 Å². The molecule has 0 rings (SSSR count). The SMILES string of the molecule is CC(C)(C)SCC(O)CCCC(F)(F)F. The number of alkyl halides is 3. The van der Waals surface area contributed by atoms with E-state index in [9.17, 15) is 18.3 Å². The van der Waals surface area contributed by atoms with Crippen LogP contribution in [0.4, 0.5) is 13.2 Å². The summed E-state index contributed by atoms with van der Waals surface area (Å²) in [6, 6.07) is 0. The lowest BCUT2D eigenvalue weighted by atomic mass is 10.2. The smallest absolute Gasteiger partial charge is 0.389 e. The Labute approximate surface area is 93.4 Å². The fourth-order valence-electron chi connectivity index (χ4n) is 0.968. The van der Waals surface area contributed by atoms with E-state index in [0.29, 0.717) is 5.75 Å². The van der Waals surface area contributed by atoms with Gasteiger partial charge in [-0.05, 0) is 12.8 Å². The highest BCUT2D eigenvalue weighted by Crippen LogP contribution is 2.26. The number of hydrogen-bond donors (Lipinski definition) is 1. The van der Waals surface area contributed by atoms with Crippen LogP contribution < -0.4 is 0 Å². The van der Waals surface area contributed by atoms with Gasteiger partial charge in [-0.25, -0.2) is 0 Å². The summed E-state index contributed by atoms with van der Waals surface area (Å²) in [4.78, 5) is 0. The van der Waals surface area contributed by atoms with Crippen LogP contribution in [0, 0.1) is 0 Å². The summed E-state index contributed by atoms with van der Waals surface area (Å²) in [5.74, 6) is 0.501. The maximum Gasteiger partial charge on any atom is 0.389 e. The average Bonchev–Trinajstić information content (AvgIpc) is 1.97. The maximum atomic E-state index is 11.8. The van der Waals surface area contributed by atoms with Gasteiger partial charge < -0.3 is 5.11 Å². The molecule has 0 bridgehead atoms. The van der Waals surface area contributed by atoms with Crippen molar-refractivity contribution in [1.29, 1.82) is 0 Å². The number of rotatable bonds is 5. The molecule has 0 heterocycles. The van der Waals surface area contributed by atoms with Gasteiger partial charge in [-0.15, -0.1) is 0 Å². The molecule has 0 saturated carbocycles. The van der Waals surface area contributed by atoms with E-state index < -0.39 is 18.7 Å². The number of thioether (sulfide) groups is 1. The molecule has 0 aromatic heterocycles. The van der Waals surface area contributed by atoms with Crippen molar-refractivity contribution in [2.45, 2.75) is 57.1 Å². The van der Waals surface area contributed by atoms with Crippen LogP contribution in [0.5, 0.6) is 0 Å². The van der Waals surface area contributed by atoms with Crippen LogP contribution in [0.2, 0.25) is 0 Å². The minimum Gasteiger partial charge on any atom is -0.392 e. The Kier molecular flexibility index (Phi) is 6.03. The molecular formula is C10H19F3OS. The Balaban J connectivity index is 3.54. The normalized spacial score (nSPS) is 15.4. The molecule has 92 valence electrons. The summed E-state index contributed by atoms with van der Waals surface area (Å²) in [6.07, 6.45) is -5.30. The van der Waals surface area contributed by atoms with Crippen molar-refractivity contribution >= 4 is 11.8 Å². The summed E-state index contributed by atoms with van der Waals surface area (Å²) in [5.41, 5.74) is 0. The summed E-state index contributed by atoms with van der Waals surface area (Å²) >= 11 is 1.57. The molecule has 1 atom stereocenters. The van der Waals surface area contributed by atoms with Crippen LogP contribution in [-0.2, 0) is 0 Å². The molecule has 0 aliphatic heterocycles. The number of aliphatic hydroxyl groups is 1. The van der Waals surface area contributed by atoms with E-state index >= 15 is 0 Å². The zero-order chi connectivity index (χ0) is 12.1. The molecule has 15 heavy (non-hydrogen) atoms. The first-order valence-corrected chi connectivity index (χ1v) is 5.97. The zero-order valence-corrected chi connectivity index (χ0v) is 10.2. The van der Waals surface area contributed by atoms with Crippen molar-refractivity contribution < 1.29 is 18.3 Å². The zero-order valence-electron chi connectivity index (χ0n) is 9.40. The van der Waals surface area contributed by atoms with Gasteiger partial charge in [0.15, 0.2) is 0 Å². The van der Waals surface area contributed by atoms with E-state index in [2.05, 4.69) is 0 Å². The largest absolute Gasteiger partial charge is 0.392 e. The topological polar surface area (TPSA) is 20.2 Å². The van der Waals surface area contributed by atoms with E-state index in [4.69, 9.17) is 0 Å². The fourth-order valence-corrected chi connectivity index (χ4v) is 1.83. The van der Waals surface area contributed by atoms with E-state index in [1.54, 1.807) is 11.8 Å². The van der Waals surface area contributed by atoms with Crippen LogP contribution in [0.15, 0.2) is 0 Å². The number of halogens is 3. The molecule has 0 spiro atoms. The quantitative estimate of drug-likeness (QED) is 0.797. The first-order valence-electron chi connectivity index (χ1n) is 4.99. The van der Waals surface area contributed by atoms with E-state index in [1.165, 1.54) is 0 Å². The Hall–Kier alpha value is 0.100. The molecule has 1 nitrogen and oxygen atoms in total. The third-order valence-corrected chi connectivity index (χ3v) is 3.12. The highest BCUT2D eigenvalue weighted by Gasteiger charge is 2.26. The lowest BCUT2D eigenvalue weighted by Gasteiger charge is -2.20. The molecule has 0 aliphatic carbocycles. The fraction of sp³-hybridized carbons (Fsp3) is 1.00.